The fourth-order valence-electron chi connectivity index (χ4n) is 3.32. The first-order valence-electron chi connectivity index (χ1n) is 9.55. The molecule has 29 heavy (non-hydrogen) atoms. The van der Waals surface area contributed by atoms with Crippen LogP contribution in [0.3, 0.4) is 0 Å². The number of hydrogen-bond acceptors (Lipinski definition) is 5. The van der Waals surface area contributed by atoms with Crippen molar-refractivity contribution < 1.29 is 14.7 Å². The number of carbonyl (C=O) groups excluding carboxylic acids is 2. The topological polar surface area (TPSA) is 98.9 Å². The molecule has 0 unspecified atom stereocenters. The number of phenolic OH excluding ortho intramolecular Hbond substituents is 1. The monoisotopic (exact) mass is 416 g/mol. The van der Waals surface area contributed by atoms with E-state index in [-0.39, 0.29) is 48.3 Å². The van der Waals surface area contributed by atoms with E-state index in [0.29, 0.717) is 18.1 Å². The minimum absolute atomic E-state index is 0.0132. The molecule has 1 aliphatic rings. The zero-order valence-corrected chi connectivity index (χ0v) is 16.9. The van der Waals surface area contributed by atoms with Gasteiger partial charge in [0.05, 0.1) is 11.3 Å². The number of amides is 2. The van der Waals surface area contributed by atoms with Crippen LogP contribution in [0, 0.1) is 0 Å². The number of aromatic hydroxyl groups is 1. The summed E-state index contributed by atoms with van der Waals surface area (Å²) in [5.41, 5.74) is 7.00. The zero-order chi connectivity index (χ0) is 20.8. The molecule has 2 amide bonds. The van der Waals surface area contributed by atoms with Crippen LogP contribution in [0.25, 0.3) is 0 Å². The van der Waals surface area contributed by atoms with Crippen molar-refractivity contribution in [3.8, 4) is 5.75 Å². The van der Waals surface area contributed by atoms with E-state index in [1.54, 1.807) is 34.1 Å². The predicted molar refractivity (Wildman–Crippen MR) is 113 cm³/mol. The van der Waals surface area contributed by atoms with Crippen LogP contribution in [0.5, 0.6) is 5.75 Å². The molecule has 0 spiro atoms. The highest BCUT2D eigenvalue weighted by Gasteiger charge is 2.23. The van der Waals surface area contributed by atoms with Gasteiger partial charge in [-0.3, -0.25) is 9.59 Å². The largest absolute Gasteiger partial charge is 0.506 e. The molecule has 1 aliphatic heterocycles. The molecule has 4 N–H and O–H groups in total. The summed E-state index contributed by atoms with van der Waals surface area (Å²) in [6.07, 6.45) is 0.213. The Morgan fingerprint density at radius 2 is 1.90 bits per heavy atom. The Bertz CT molecular complexity index is 884. The third-order valence-electron chi connectivity index (χ3n) is 4.93. The van der Waals surface area contributed by atoms with Gasteiger partial charge in [0.1, 0.15) is 5.75 Å². The SMILES string of the molecule is Nc1c(O)cccc1C(=O)N(CCC(=O)N1CCNCC1)Cc1cccc(Cl)c1. The lowest BCUT2D eigenvalue weighted by atomic mass is 10.1. The van der Waals surface area contributed by atoms with E-state index in [9.17, 15) is 14.7 Å². The van der Waals surface area contributed by atoms with E-state index in [1.165, 1.54) is 6.07 Å². The fourth-order valence-corrected chi connectivity index (χ4v) is 3.53. The molecule has 2 aromatic carbocycles. The number of piperazine rings is 1. The number of halogens is 1. The minimum atomic E-state index is -0.341. The summed E-state index contributed by atoms with van der Waals surface area (Å²) >= 11 is 6.08. The van der Waals surface area contributed by atoms with Gasteiger partial charge in [0.25, 0.3) is 5.91 Å². The van der Waals surface area contributed by atoms with Crippen molar-refractivity contribution >= 4 is 29.1 Å². The van der Waals surface area contributed by atoms with Crippen LogP contribution in [0.15, 0.2) is 42.5 Å². The standard InChI is InChI=1S/C21H25ClN4O3/c22-16-4-1-3-15(13-16)14-26(10-7-19(28)25-11-8-24-9-12-25)21(29)17-5-2-6-18(27)20(17)23/h1-6,13,24,27H,7-12,14,23H2. The maximum absolute atomic E-state index is 13.2. The number of benzene rings is 2. The molecule has 0 radical (unpaired) electrons. The summed E-state index contributed by atoms with van der Waals surface area (Å²) in [6, 6.07) is 11.8. The van der Waals surface area contributed by atoms with Crippen LogP contribution in [-0.2, 0) is 11.3 Å². The summed E-state index contributed by atoms with van der Waals surface area (Å²) in [6.45, 7) is 3.40. The molecule has 0 bridgehead atoms. The molecule has 0 aliphatic carbocycles. The van der Waals surface area contributed by atoms with Crippen LogP contribution in [-0.4, -0.2) is 59.4 Å². The van der Waals surface area contributed by atoms with E-state index in [2.05, 4.69) is 5.32 Å². The van der Waals surface area contributed by atoms with E-state index in [1.807, 2.05) is 12.1 Å². The van der Waals surface area contributed by atoms with Crippen molar-refractivity contribution in [3.05, 3.63) is 58.6 Å². The third kappa shape index (κ3) is 5.40. The first-order chi connectivity index (χ1) is 14.0. The number of carbonyl (C=O) groups is 2. The summed E-state index contributed by atoms with van der Waals surface area (Å²) in [5.74, 6) is -0.471. The second-order valence-electron chi connectivity index (χ2n) is 6.98. The molecule has 1 heterocycles. The summed E-state index contributed by atoms with van der Waals surface area (Å²) in [7, 11) is 0. The molecule has 1 saturated heterocycles. The summed E-state index contributed by atoms with van der Waals surface area (Å²) in [4.78, 5) is 29.1. The average Bonchev–Trinajstić information content (AvgIpc) is 2.73. The van der Waals surface area contributed by atoms with Gasteiger partial charge in [-0.2, -0.15) is 0 Å². The summed E-state index contributed by atoms with van der Waals surface area (Å²) in [5, 5.41) is 13.7. The lowest BCUT2D eigenvalue weighted by Crippen LogP contribution is -2.47. The van der Waals surface area contributed by atoms with Crippen molar-refractivity contribution in [2.24, 2.45) is 0 Å². The molecular weight excluding hydrogens is 392 g/mol. The zero-order valence-electron chi connectivity index (χ0n) is 16.1. The van der Waals surface area contributed by atoms with Crippen LogP contribution >= 0.6 is 11.6 Å². The normalized spacial score (nSPS) is 13.9. The highest BCUT2D eigenvalue weighted by molar-refractivity contribution is 6.30. The molecule has 3 rings (SSSR count). The van der Waals surface area contributed by atoms with Crippen LogP contribution in [0.4, 0.5) is 5.69 Å². The molecule has 0 atom stereocenters. The molecule has 154 valence electrons. The van der Waals surface area contributed by atoms with Gasteiger partial charge >= 0.3 is 0 Å². The Kier molecular flexibility index (Phi) is 6.95. The van der Waals surface area contributed by atoms with Crippen LogP contribution in [0.2, 0.25) is 5.02 Å². The molecular formula is C21H25ClN4O3. The van der Waals surface area contributed by atoms with E-state index in [4.69, 9.17) is 17.3 Å². The van der Waals surface area contributed by atoms with Crippen molar-refractivity contribution in [1.82, 2.24) is 15.1 Å². The van der Waals surface area contributed by atoms with Gasteiger partial charge in [0.2, 0.25) is 5.91 Å². The van der Waals surface area contributed by atoms with Gasteiger partial charge in [-0.25, -0.2) is 0 Å². The Morgan fingerprint density at radius 3 is 2.62 bits per heavy atom. The van der Waals surface area contributed by atoms with E-state index in [0.717, 1.165) is 18.7 Å². The van der Waals surface area contributed by atoms with Crippen molar-refractivity contribution in [3.63, 3.8) is 0 Å². The van der Waals surface area contributed by atoms with Gasteiger partial charge in [-0.05, 0) is 29.8 Å². The second kappa shape index (κ2) is 9.62. The molecule has 8 heteroatoms. The minimum Gasteiger partial charge on any atom is -0.506 e. The number of anilines is 1. The number of nitrogens with two attached hydrogens (primary N) is 1. The van der Waals surface area contributed by atoms with Gasteiger partial charge in [0, 0.05) is 50.7 Å². The quantitative estimate of drug-likeness (QED) is 0.494. The van der Waals surface area contributed by atoms with Crippen LogP contribution < -0.4 is 11.1 Å². The highest BCUT2D eigenvalue weighted by atomic mass is 35.5. The van der Waals surface area contributed by atoms with Gasteiger partial charge in [0.15, 0.2) is 0 Å². The molecule has 0 aromatic heterocycles. The van der Waals surface area contributed by atoms with Crippen molar-refractivity contribution in [2.75, 3.05) is 38.5 Å². The van der Waals surface area contributed by atoms with E-state index >= 15 is 0 Å². The number of nitrogens with zero attached hydrogens (tertiary/aromatic N) is 2. The first-order valence-corrected chi connectivity index (χ1v) is 9.93. The van der Waals surface area contributed by atoms with E-state index < -0.39 is 0 Å². The fraction of sp³-hybridized carbons (Fsp3) is 0.333. The van der Waals surface area contributed by atoms with Gasteiger partial charge in [-0.15, -0.1) is 0 Å². The molecule has 7 nitrogen and oxygen atoms in total. The smallest absolute Gasteiger partial charge is 0.256 e. The van der Waals surface area contributed by atoms with Crippen molar-refractivity contribution in [1.29, 1.82) is 0 Å². The number of rotatable bonds is 6. The lowest BCUT2D eigenvalue weighted by Gasteiger charge is -2.29. The Hall–Kier alpha value is -2.77. The van der Waals surface area contributed by atoms with Gasteiger partial charge < -0.3 is 26.0 Å². The number of hydrogen-bond donors (Lipinski definition) is 3. The van der Waals surface area contributed by atoms with Gasteiger partial charge in [-0.1, -0.05) is 29.8 Å². The third-order valence-corrected chi connectivity index (χ3v) is 5.16. The van der Waals surface area contributed by atoms with Crippen molar-refractivity contribution in [2.45, 2.75) is 13.0 Å². The number of nitrogen functional groups attached to an aromatic ring is 1. The second-order valence-corrected chi connectivity index (χ2v) is 7.41. The Balaban J connectivity index is 1.78. The molecule has 1 fully saturated rings. The predicted octanol–water partition coefficient (Wildman–Crippen LogP) is 2.09. The average molecular weight is 417 g/mol. The maximum Gasteiger partial charge on any atom is 0.256 e. The maximum atomic E-state index is 13.2. The highest BCUT2D eigenvalue weighted by Crippen LogP contribution is 2.25. The first kappa shape index (κ1) is 21.0. The Labute approximate surface area is 175 Å². The lowest BCUT2D eigenvalue weighted by molar-refractivity contribution is -0.132. The summed E-state index contributed by atoms with van der Waals surface area (Å²) < 4.78 is 0. The number of phenols is 1. The number of nitrogens with one attached hydrogen (secondary N) is 1. The Morgan fingerprint density at radius 1 is 1.17 bits per heavy atom. The van der Waals surface area contributed by atoms with Crippen LogP contribution in [0.1, 0.15) is 22.3 Å². The number of para-hydroxylation sites is 1. The molecule has 2 aromatic rings. The molecule has 0 saturated carbocycles.